The third kappa shape index (κ3) is 3.49. The van der Waals surface area contributed by atoms with Gasteiger partial charge in [0.25, 0.3) is 0 Å². The molecule has 7 atom stereocenters. The molecular formula is C30H44O4. The monoisotopic (exact) mass is 468 g/mol. The highest BCUT2D eigenvalue weighted by Crippen LogP contribution is 2.73. The van der Waals surface area contributed by atoms with Crippen LogP contribution in [-0.4, -0.2) is 22.6 Å². The lowest BCUT2D eigenvalue weighted by Gasteiger charge is -2.63. The van der Waals surface area contributed by atoms with E-state index in [1.54, 1.807) is 5.57 Å². The van der Waals surface area contributed by atoms with E-state index in [9.17, 15) is 14.4 Å². The molecule has 4 aliphatic rings. The Hall–Kier alpha value is -1.71. The predicted molar refractivity (Wildman–Crippen MR) is 134 cm³/mol. The van der Waals surface area contributed by atoms with Crippen molar-refractivity contribution in [2.45, 2.75) is 99.3 Å². The number of hydrogen-bond donors (Lipinski definition) is 1. The van der Waals surface area contributed by atoms with Crippen LogP contribution in [0.25, 0.3) is 0 Å². The Morgan fingerprint density at radius 1 is 1.12 bits per heavy atom. The maximum Gasteiger partial charge on any atom is 0.331 e. The van der Waals surface area contributed by atoms with Crippen LogP contribution in [0.4, 0.5) is 0 Å². The topological polar surface area (TPSA) is 71.4 Å². The number of Topliss-reactive ketones (excluding diaryl/α,β-unsaturated/α-hetero) is 2. The summed E-state index contributed by atoms with van der Waals surface area (Å²) >= 11 is 0. The van der Waals surface area contributed by atoms with E-state index in [2.05, 4.69) is 54.2 Å². The van der Waals surface area contributed by atoms with E-state index in [0.717, 1.165) is 32.1 Å². The summed E-state index contributed by atoms with van der Waals surface area (Å²) in [6.07, 6.45) is 10.2. The molecule has 0 saturated heterocycles. The van der Waals surface area contributed by atoms with E-state index in [4.69, 9.17) is 5.11 Å². The Labute approximate surface area is 205 Å². The van der Waals surface area contributed by atoms with Crippen LogP contribution in [0.5, 0.6) is 0 Å². The van der Waals surface area contributed by atoms with Gasteiger partial charge < -0.3 is 5.11 Å². The van der Waals surface area contributed by atoms with Gasteiger partial charge in [0.2, 0.25) is 0 Å². The summed E-state index contributed by atoms with van der Waals surface area (Å²) < 4.78 is 0. The molecular weight excluding hydrogens is 424 g/mol. The van der Waals surface area contributed by atoms with Crippen molar-refractivity contribution in [2.75, 3.05) is 0 Å². The van der Waals surface area contributed by atoms with Crippen LogP contribution >= 0.6 is 0 Å². The minimum Gasteiger partial charge on any atom is -0.478 e. The summed E-state index contributed by atoms with van der Waals surface area (Å²) in [5.41, 5.74) is 1.84. The molecule has 0 aromatic carbocycles. The molecule has 0 spiro atoms. The number of carbonyl (C=O) groups is 3. The Bertz CT molecular complexity index is 957. The Morgan fingerprint density at radius 3 is 2.44 bits per heavy atom. The van der Waals surface area contributed by atoms with Crippen molar-refractivity contribution >= 4 is 17.5 Å². The highest BCUT2D eigenvalue weighted by atomic mass is 16.4. The average molecular weight is 469 g/mol. The lowest BCUT2D eigenvalue weighted by atomic mass is 9.41. The number of carbonyl (C=O) groups excluding carboxylic acids is 2. The Morgan fingerprint density at radius 2 is 1.79 bits per heavy atom. The molecule has 0 aromatic rings. The quantitative estimate of drug-likeness (QED) is 0.344. The van der Waals surface area contributed by atoms with Gasteiger partial charge in [0.1, 0.15) is 11.6 Å². The van der Waals surface area contributed by atoms with Crippen LogP contribution in [0.15, 0.2) is 23.8 Å². The van der Waals surface area contributed by atoms with Crippen LogP contribution < -0.4 is 0 Å². The first-order valence-corrected chi connectivity index (χ1v) is 13.3. The first-order valence-electron chi connectivity index (χ1n) is 13.3. The zero-order valence-corrected chi connectivity index (χ0v) is 22.1. The summed E-state index contributed by atoms with van der Waals surface area (Å²) in [6.45, 7) is 17.5. The normalized spacial score (nSPS) is 41.5. The zero-order chi connectivity index (χ0) is 25.3. The molecule has 0 radical (unpaired) electrons. The van der Waals surface area contributed by atoms with Gasteiger partial charge in [0.15, 0.2) is 0 Å². The van der Waals surface area contributed by atoms with Crippen molar-refractivity contribution in [2.24, 2.45) is 45.3 Å². The Balaban J connectivity index is 1.58. The predicted octanol–water partition coefficient (Wildman–Crippen LogP) is 6.79. The molecule has 0 heterocycles. The van der Waals surface area contributed by atoms with Crippen molar-refractivity contribution in [3.05, 3.63) is 23.8 Å². The minimum atomic E-state index is -1.08. The number of fused-ring (bicyclic) bond motifs is 5. The van der Waals surface area contributed by atoms with Gasteiger partial charge in [-0.05, 0) is 78.4 Å². The largest absolute Gasteiger partial charge is 0.478 e. The molecule has 7 unspecified atom stereocenters. The highest BCUT2D eigenvalue weighted by molar-refractivity contribution is 5.94. The van der Waals surface area contributed by atoms with Crippen molar-refractivity contribution in [3.8, 4) is 0 Å². The number of allylic oxidation sites excluding steroid dienone is 2. The second kappa shape index (κ2) is 8.17. The van der Waals surface area contributed by atoms with Crippen LogP contribution in [0.2, 0.25) is 0 Å². The third-order valence-corrected chi connectivity index (χ3v) is 11.6. The lowest BCUT2D eigenvalue weighted by molar-refractivity contribution is -0.146. The first-order chi connectivity index (χ1) is 15.7. The molecule has 3 saturated carbocycles. The number of ketones is 2. The fourth-order valence-electron chi connectivity index (χ4n) is 9.35. The van der Waals surface area contributed by atoms with Crippen LogP contribution in [0.3, 0.4) is 0 Å². The maximum absolute atomic E-state index is 12.8. The highest BCUT2D eigenvalue weighted by Gasteiger charge is 2.65. The molecule has 4 nitrogen and oxygen atoms in total. The summed E-state index contributed by atoms with van der Waals surface area (Å²) in [5.74, 6) is 0.997. The van der Waals surface area contributed by atoms with E-state index in [0.29, 0.717) is 36.4 Å². The molecule has 0 bridgehead atoms. The summed E-state index contributed by atoms with van der Waals surface area (Å²) in [7, 11) is 0. The van der Waals surface area contributed by atoms with Crippen molar-refractivity contribution in [1.29, 1.82) is 0 Å². The second-order valence-corrected chi connectivity index (χ2v) is 13.4. The van der Waals surface area contributed by atoms with E-state index in [-0.39, 0.29) is 45.4 Å². The summed E-state index contributed by atoms with van der Waals surface area (Å²) in [4.78, 5) is 36.5. The molecule has 4 heteroatoms. The fraction of sp³-hybridized carbons (Fsp3) is 0.767. The van der Waals surface area contributed by atoms with Crippen molar-refractivity contribution < 1.29 is 19.5 Å². The Kier molecular flexibility index (Phi) is 6.10. The van der Waals surface area contributed by atoms with E-state index < -0.39 is 5.97 Å². The van der Waals surface area contributed by atoms with Gasteiger partial charge in [-0.15, -0.1) is 0 Å². The smallest absolute Gasteiger partial charge is 0.331 e. The number of carboxylic acids is 1. The van der Waals surface area contributed by atoms with Gasteiger partial charge in [-0.25, -0.2) is 4.79 Å². The average Bonchev–Trinajstić information content (AvgIpc) is 3.02. The molecule has 4 aliphatic carbocycles. The minimum absolute atomic E-state index is 0.00729. The fourth-order valence-corrected chi connectivity index (χ4v) is 9.35. The number of carboxylic acid groups (broad SMARTS) is 1. The van der Waals surface area contributed by atoms with Gasteiger partial charge >= 0.3 is 5.97 Å². The SMILES string of the molecule is C=C(CC(=O)CC(C)C1CCC2(C)C3=CCC4C(C)(C)C(=O)CCC4(C)C3CCC12C)C(=O)O. The van der Waals surface area contributed by atoms with E-state index >= 15 is 0 Å². The maximum atomic E-state index is 12.8. The number of hydrogen-bond acceptors (Lipinski definition) is 3. The lowest BCUT2D eigenvalue weighted by Crippen LogP contribution is -2.57. The molecule has 188 valence electrons. The van der Waals surface area contributed by atoms with E-state index in [1.807, 2.05) is 0 Å². The summed E-state index contributed by atoms with van der Waals surface area (Å²) in [6, 6.07) is 0. The van der Waals surface area contributed by atoms with Gasteiger partial charge in [0, 0.05) is 30.3 Å². The van der Waals surface area contributed by atoms with Crippen molar-refractivity contribution in [3.63, 3.8) is 0 Å². The van der Waals surface area contributed by atoms with Crippen LogP contribution in [0, 0.1) is 45.3 Å². The second-order valence-electron chi connectivity index (χ2n) is 13.4. The van der Waals surface area contributed by atoms with Gasteiger partial charge in [-0.1, -0.05) is 59.8 Å². The molecule has 0 amide bonds. The summed E-state index contributed by atoms with van der Waals surface area (Å²) in [5, 5.41) is 9.09. The number of aliphatic carboxylic acids is 1. The van der Waals surface area contributed by atoms with Crippen molar-refractivity contribution in [1.82, 2.24) is 0 Å². The van der Waals surface area contributed by atoms with E-state index in [1.165, 1.54) is 6.42 Å². The van der Waals surface area contributed by atoms with Gasteiger partial charge in [-0.3, -0.25) is 9.59 Å². The molecule has 0 aliphatic heterocycles. The zero-order valence-electron chi connectivity index (χ0n) is 22.1. The molecule has 1 N–H and O–H groups in total. The standard InChI is InChI=1S/C30H44O4/c1-18(16-20(31)17-19(2)26(33)34)21-10-14-30(7)23-8-9-24-27(3,4)25(32)12-13-28(24,5)22(23)11-15-29(21,30)6/h8,18,21-22,24H,2,9-17H2,1,3-7H3,(H,33,34). The molecule has 34 heavy (non-hydrogen) atoms. The molecule has 0 aromatic heterocycles. The first kappa shape index (κ1) is 25.4. The third-order valence-electron chi connectivity index (χ3n) is 11.6. The van der Waals surface area contributed by atoms with Crippen LogP contribution in [0.1, 0.15) is 99.3 Å². The van der Waals surface area contributed by atoms with Crippen LogP contribution in [-0.2, 0) is 14.4 Å². The molecule has 3 fully saturated rings. The van der Waals surface area contributed by atoms with Gasteiger partial charge in [0.05, 0.1) is 0 Å². The molecule has 4 rings (SSSR count). The number of rotatable bonds is 6. The van der Waals surface area contributed by atoms with Gasteiger partial charge in [-0.2, -0.15) is 0 Å².